The number of halogens is 2. The van der Waals surface area contributed by atoms with Crippen LogP contribution in [0.25, 0.3) is 0 Å². The Hall–Kier alpha value is -3.40. The van der Waals surface area contributed by atoms with E-state index in [2.05, 4.69) is 9.71 Å². The van der Waals surface area contributed by atoms with E-state index in [-0.39, 0.29) is 29.2 Å². The number of sulfonamides is 1. The van der Waals surface area contributed by atoms with Crippen molar-refractivity contribution < 1.29 is 17.9 Å². The molecule has 11 heteroatoms. The number of hydrazone groups is 1. The number of carbonyl (C=O) groups is 1. The fourth-order valence-corrected chi connectivity index (χ4v) is 5.36. The van der Waals surface area contributed by atoms with Crippen LogP contribution in [0.1, 0.15) is 30.9 Å². The highest BCUT2D eigenvalue weighted by Gasteiger charge is 2.35. The van der Waals surface area contributed by atoms with Gasteiger partial charge >= 0.3 is 5.97 Å². The molecule has 39 heavy (non-hydrogen) atoms. The van der Waals surface area contributed by atoms with Crippen LogP contribution in [-0.4, -0.2) is 50.8 Å². The van der Waals surface area contributed by atoms with Gasteiger partial charge in [-0.25, -0.2) is 9.80 Å². The smallest absolute Gasteiger partial charge is 0.328 e. The van der Waals surface area contributed by atoms with Crippen LogP contribution in [0.4, 0.5) is 0 Å². The van der Waals surface area contributed by atoms with Crippen molar-refractivity contribution in [1.82, 2.24) is 10.3 Å². The molecule has 0 aliphatic carbocycles. The number of nitrogens with zero attached hydrogens (tertiary/aromatic N) is 3. The number of ether oxygens (including phenoxy) is 1. The van der Waals surface area contributed by atoms with Gasteiger partial charge in [0.2, 0.25) is 5.96 Å². The molecule has 0 bridgehead atoms. The van der Waals surface area contributed by atoms with Crippen LogP contribution in [-0.2, 0) is 19.6 Å². The third kappa shape index (κ3) is 6.79. The van der Waals surface area contributed by atoms with Crippen molar-refractivity contribution in [2.24, 2.45) is 15.4 Å². The summed E-state index contributed by atoms with van der Waals surface area (Å²) in [5.74, 6) is -1.11. The Kier molecular flexibility index (Phi) is 8.94. The molecular formula is C28H28Cl2N4O4S. The van der Waals surface area contributed by atoms with Gasteiger partial charge in [-0.15, -0.1) is 4.40 Å². The van der Waals surface area contributed by atoms with Crippen LogP contribution < -0.4 is 5.32 Å². The molecule has 0 radical (unpaired) electrons. The van der Waals surface area contributed by atoms with Gasteiger partial charge in [-0.3, -0.25) is 0 Å². The van der Waals surface area contributed by atoms with Gasteiger partial charge in [0, 0.05) is 16.0 Å². The molecule has 204 valence electrons. The Morgan fingerprint density at radius 1 is 1.00 bits per heavy atom. The summed E-state index contributed by atoms with van der Waals surface area (Å²) in [6, 6.07) is 21.8. The minimum atomic E-state index is -4.20. The largest absolute Gasteiger partial charge is 0.467 e. The van der Waals surface area contributed by atoms with E-state index in [1.54, 1.807) is 12.1 Å². The zero-order valence-corrected chi connectivity index (χ0v) is 23.9. The maximum atomic E-state index is 13.4. The maximum Gasteiger partial charge on any atom is 0.328 e. The number of methoxy groups -OCH3 is 1. The molecule has 1 N–H and O–H groups in total. The number of benzene rings is 3. The normalized spacial score (nSPS) is 16.7. The van der Waals surface area contributed by atoms with Gasteiger partial charge < -0.3 is 10.1 Å². The van der Waals surface area contributed by atoms with E-state index < -0.39 is 22.0 Å². The summed E-state index contributed by atoms with van der Waals surface area (Å²) in [7, 11) is -2.92. The van der Waals surface area contributed by atoms with Gasteiger partial charge in [0.15, 0.2) is 0 Å². The lowest BCUT2D eigenvalue weighted by molar-refractivity contribution is -0.143. The second kappa shape index (κ2) is 12.2. The van der Waals surface area contributed by atoms with Crippen molar-refractivity contribution in [2.45, 2.75) is 30.7 Å². The Bertz CT molecular complexity index is 1480. The minimum absolute atomic E-state index is 0.0499. The van der Waals surface area contributed by atoms with Crippen molar-refractivity contribution in [2.75, 3.05) is 13.7 Å². The topological polar surface area (TPSA) is 100 Å². The van der Waals surface area contributed by atoms with Crippen LogP contribution in [0.3, 0.4) is 0 Å². The van der Waals surface area contributed by atoms with E-state index in [0.717, 1.165) is 11.1 Å². The molecule has 0 spiro atoms. The van der Waals surface area contributed by atoms with Crippen molar-refractivity contribution >= 4 is 50.9 Å². The van der Waals surface area contributed by atoms with Crippen LogP contribution in [0, 0.1) is 5.92 Å². The third-order valence-corrected chi connectivity index (χ3v) is 8.01. The van der Waals surface area contributed by atoms with Crippen molar-refractivity contribution in [1.29, 1.82) is 0 Å². The average molecular weight is 588 g/mol. The highest BCUT2D eigenvalue weighted by molar-refractivity contribution is 7.90. The van der Waals surface area contributed by atoms with Crippen LogP contribution >= 0.6 is 23.2 Å². The quantitative estimate of drug-likeness (QED) is 0.228. The van der Waals surface area contributed by atoms with E-state index in [1.165, 1.54) is 36.4 Å². The molecule has 2 unspecified atom stereocenters. The molecule has 1 heterocycles. The highest BCUT2D eigenvalue weighted by atomic mass is 35.5. The van der Waals surface area contributed by atoms with E-state index in [4.69, 9.17) is 33.0 Å². The van der Waals surface area contributed by atoms with E-state index >= 15 is 0 Å². The number of esters is 1. The Morgan fingerprint density at radius 3 is 2.15 bits per heavy atom. The number of hydrogen-bond donors (Lipinski definition) is 1. The molecule has 3 aromatic rings. The third-order valence-electron chi connectivity index (χ3n) is 6.22. The number of guanidine groups is 1. The average Bonchev–Trinajstić information content (AvgIpc) is 3.37. The van der Waals surface area contributed by atoms with Gasteiger partial charge in [0.25, 0.3) is 10.0 Å². The predicted molar refractivity (Wildman–Crippen MR) is 154 cm³/mol. The highest BCUT2D eigenvalue weighted by Crippen LogP contribution is 2.30. The standard InChI is InChI=1S/C28H28Cl2N4O4S/c1-18(2)25(27(35)38-3)31-28(33-39(36,37)23-15-13-22(30)14-16-23)34-17-24(19-7-5-4-6-8-19)26(32-34)20-9-11-21(29)12-10-20/h4-16,18,24-25H,17H2,1-3H3,(H,31,33). The molecular weight excluding hydrogens is 559 g/mol. The number of nitrogens with one attached hydrogen (secondary N) is 1. The monoisotopic (exact) mass is 586 g/mol. The summed E-state index contributed by atoms with van der Waals surface area (Å²) >= 11 is 12.1. The number of rotatable bonds is 7. The van der Waals surface area contributed by atoms with Gasteiger partial charge in [0.1, 0.15) is 6.04 Å². The summed E-state index contributed by atoms with van der Waals surface area (Å²) < 4.78 is 35.8. The van der Waals surface area contributed by atoms with Gasteiger partial charge in [0.05, 0.1) is 24.3 Å². The van der Waals surface area contributed by atoms with Crippen LogP contribution in [0.15, 0.2) is 93.3 Å². The molecule has 3 aromatic carbocycles. The molecule has 4 rings (SSSR count). The molecule has 2 atom stereocenters. The summed E-state index contributed by atoms with van der Waals surface area (Å²) in [4.78, 5) is 12.6. The van der Waals surface area contributed by atoms with Crippen molar-refractivity contribution in [3.05, 3.63) is 100 Å². The maximum absolute atomic E-state index is 13.4. The van der Waals surface area contributed by atoms with Gasteiger partial charge in [-0.05, 0) is 53.4 Å². The number of hydrogen-bond acceptors (Lipinski definition) is 5. The minimum Gasteiger partial charge on any atom is -0.467 e. The SMILES string of the molecule is COC(=O)C(N/C(=N/S(=O)(=O)c1ccc(Cl)cc1)N1CC(c2ccccc2)C(c2ccc(Cl)cc2)=N1)C(C)C. The van der Waals surface area contributed by atoms with Crippen LogP contribution in [0.5, 0.6) is 0 Å². The van der Waals surface area contributed by atoms with E-state index in [1.807, 2.05) is 56.3 Å². The molecule has 0 saturated heterocycles. The first kappa shape index (κ1) is 28.6. The van der Waals surface area contributed by atoms with E-state index in [0.29, 0.717) is 15.8 Å². The molecule has 0 saturated carbocycles. The molecule has 1 aliphatic rings. The molecule has 0 fully saturated rings. The predicted octanol–water partition coefficient (Wildman–Crippen LogP) is 5.33. The fourth-order valence-electron chi connectivity index (χ4n) is 4.15. The first-order valence-corrected chi connectivity index (χ1v) is 14.4. The van der Waals surface area contributed by atoms with Gasteiger partial charge in [-0.1, -0.05) is 79.5 Å². The Morgan fingerprint density at radius 2 is 1.59 bits per heavy atom. The summed E-state index contributed by atoms with van der Waals surface area (Å²) in [6.07, 6.45) is 0. The molecule has 0 aromatic heterocycles. The summed E-state index contributed by atoms with van der Waals surface area (Å²) in [5, 5.41) is 10.3. The first-order chi connectivity index (χ1) is 18.6. The van der Waals surface area contributed by atoms with E-state index in [9.17, 15) is 13.2 Å². The summed E-state index contributed by atoms with van der Waals surface area (Å²) in [6.45, 7) is 3.91. The second-order valence-corrected chi connectivity index (χ2v) is 11.7. The Labute approximate surface area is 238 Å². The van der Waals surface area contributed by atoms with Gasteiger partial charge in [-0.2, -0.15) is 13.5 Å². The zero-order chi connectivity index (χ0) is 28.2. The zero-order valence-electron chi connectivity index (χ0n) is 21.6. The molecule has 1 aliphatic heterocycles. The second-order valence-electron chi connectivity index (χ2n) is 9.27. The molecule has 0 amide bonds. The van der Waals surface area contributed by atoms with Crippen molar-refractivity contribution in [3.63, 3.8) is 0 Å². The van der Waals surface area contributed by atoms with Crippen LogP contribution in [0.2, 0.25) is 10.0 Å². The molecule has 8 nitrogen and oxygen atoms in total. The lowest BCUT2D eigenvalue weighted by Crippen LogP contribution is -2.50. The Balaban J connectivity index is 1.83. The summed E-state index contributed by atoms with van der Waals surface area (Å²) in [5.41, 5.74) is 2.52. The first-order valence-electron chi connectivity index (χ1n) is 12.2. The lowest BCUT2D eigenvalue weighted by atomic mass is 9.91. The lowest BCUT2D eigenvalue weighted by Gasteiger charge is -2.25. The fraction of sp³-hybridized carbons (Fsp3) is 0.250. The van der Waals surface area contributed by atoms with Crippen molar-refractivity contribution in [3.8, 4) is 0 Å². The number of carbonyl (C=O) groups excluding carboxylic acids is 1.